The number of carbonyl (C=O) groups is 1. The fourth-order valence-electron chi connectivity index (χ4n) is 3.42. The summed E-state index contributed by atoms with van der Waals surface area (Å²) in [5, 5.41) is 2.92. The molecule has 0 saturated carbocycles. The number of nitrogens with one attached hydrogen (secondary N) is 1. The number of aryl methyl sites for hydroxylation is 1. The Morgan fingerprint density at radius 1 is 1.26 bits per heavy atom. The van der Waals surface area contributed by atoms with Gasteiger partial charge in [-0.1, -0.05) is 0 Å². The largest absolute Gasteiger partial charge is 0.379 e. The molecule has 0 radical (unpaired) electrons. The SMILES string of the molecule is CC(C)OCCCNC(=O)c1cn(C)c2ccc(S(=O)(=O)N3CCOCC3)cc2c1=O. The highest BCUT2D eigenvalue weighted by atomic mass is 32.2. The summed E-state index contributed by atoms with van der Waals surface area (Å²) in [5.74, 6) is -0.492. The third-order valence-corrected chi connectivity index (χ3v) is 6.96. The standard InChI is InChI=1S/C21H29N3O6S/c1-15(2)30-10-4-7-22-21(26)18-14-23(3)19-6-5-16(13-17(19)20(18)25)31(27,28)24-8-11-29-12-9-24/h5-6,13-15H,4,7-12H2,1-3H3,(H,22,26). The van der Waals surface area contributed by atoms with Crippen molar-refractivity contribution in [1.82, 2.24) is 14.2 Å². The number of aromatic nitrogens is 1. The molecule has 1 aromatic carbocycles. The maximum absolute atomic E-state index is 13.0. The van der Waals surface area contributed by atoms with E-state index in [0.29, 0.717) is 38.3 Å². The molecule has 1 aliphatic rings. The summed E-state index contributed by atoms with van der Waals surface area (Å²) < 4.78 is 39.6. The molecule has 0 atom stereocenters. The Bertz CT molecular complexity index is 1100. The first kappa shape index (κ1) is 23.4. The molecular weight excluding hydrogens is 422 g/mol. The monoisotopic (exact) mass is 451 g/mol. The molecule has 9 nitrogen and oxygen atoms in total. The second-order valence-corrected chi connectivity index (χ2v) is 9.65. The van der Waals surface area contributed by atoms with E-state index in [1.54, 1.807) is 17.7 Å². The Hall–Kier alpha value is -2.27. The van der Waals surface area contributed by atoms with E-state index in [-0.39, 0.29) is 35.0 Å². The van der Waals surface area contributed by atoms with Gasteiger partial charge in [-0.05, 0) is 38.5 Å². The highest BCUT2D eigenvalue weighted by molar-refractivity contribution is 7.89. The van der Waals surface area contributed by atoms with Gasteiger partial charge in [-0.3, -0.25) is 9.59 Å². The fourth-order valence-corrected chi connectivity index (χ4v) is 4.85. The number of morpholine rings is 1. The molecule has 1 aromatic heterocycles. The molecule has 2 heterocycles. The summed E-state index contributed by atoms with van der Waals surface area (Å²) in [7, 11) is -2.04. The summed E-state index contributed by atoms with van der Waals surface area (Å²) >= 11 is 0. The van der Waals surface area contributed by atoms with Gasteiger partial charge in [0.15, 0.2) is 0 Å². The van der Waals surface area contributed by atoms with E-state index in [4.69, 9.17) is 9.47 Å². The van der Waals surface area contributed by atoms with Gasteiger partial charge in [0.2, 0.25) is 15.5 Å². The summed E-state index contributed by atoms with van der Waals surface area (Å²) in [6.45, 7) is 5.95. The molecule has 170 valence electrons. The lowest BCUT2D eigenvalue weighted by molar-refractivity contribution is 0.0730. The van der Waals surface area contributed by atoms with Gasteiger partial charge in [0, 0.05) is 44.9 Å². The van der Waals surface area contributed by atoms with Crippen molar-refractivity contribution < 1.29 is 22.7 Å². The van der Waals surface area contributed by atoms with Gasteiger partial charge >= 0.3 is 0 Å². The number of benzene rings is 1. The molecule has 2 aromatic rings. The normalized spacial score (nSPS) is 15.5. The quantitative estimate of drug-likeness (QED) is 0.603. The molecule has 1 N–H and O–H groups in total. The van der Waals surface area contributed by atoms with Crippen LogP contribution in [0.5, 0.6) is 0 Å². The predicted octanol–water partition coefficient (Wildman–Crippen LogP) is 1.10. The van der Waals surface area contributed by atoms with Crippen LogP contribution in [-0.4, -0.2) is 68.8 Å². The van der Waals surface area contributed by atoms with Crippen molar-refractivity contribution in [2.45, 2.75) is 31.3 Å². The Morgan fingerprint density at radius 2 is 1.97 bits per heavy atom. The summed E-state index contributed by atoms with van der Waals surface area (Å²) in [6, 6.07) is 4.44. The average Bonchev–Trinajstić information content (AvgIpc) is 2.75. The molecule has 0 aliphatic carbocycles. The molecule has 10 heteroatoms. The van der Waals surface area contributed by atoms with Crippen LogP contribution < -0.4 is 10.7 Å². The Morgan fingerprint density at radius 3 is 2.65 bits per heavy atom. The highest BCUT2D eigenvalue weighted by Crippen LogP contribution is 2.21. The zero-order valence-electron chi connectivity index (χ0n) is 18.1. The fraction of sp³-hybridized carbons (Fsp3) is 0.524. The average molecular weight is 452 g/mol. The molecule has 0 bridgehead atoms. The molecule has 1 fully saturated rings. The molecule has 1 aliphatic heterocycles. The van der Waals surface area contributed by atoms with E-state index in [1.807, 2.05) is 13.8 Å². The van der Waals surface area contributed by atoms with Gasteiger partial charge in [-0.25, -0.2) is 8.42 Å². The minimum absolute atomic E-state index is 0.0271. The van der Waals surface area contributed by atoms with Crippen LogP contribution in [0, 0.1) is 0 Å². The zero-order valence-corrected chi connectivity index (χ0v) is 18.9. The first-order chi connectivity index (χ1) is 14.7. The number of rotatable bonds is 8. The van der Waals surface area contributed by atoms with E-state index in [2.05, 4.69) is 5.32 Å². The van der Waals surface area contributed by atoms with Gasteiger partial charge in [0.05, 0.1) is 29.7 Å². The number of sulfonamides is 1. The van der Waals surface area contributed by atoms with Crippen LogP contribution in [0.4, 0.5) is 0 Å². The number of ether oxygens (including phenoxy) is 2. The molecule has 0 spiro atoms. The van der Waals surface area contributed by atoms with Gasteiger partial charge in [-0.15, -0.1) is 0 Å². The van der Waals surface area contributed by atoms with Crippen molar-refractivity contribution in [3.63, 3.8) is 0 Å². The predicted molar refractivity (Wildman–Crippen MR) is 117 cm³/mol. The van der Waals surface area contributed by atoms with Crippen LogP contribution in [-0.2, 0) is 26.5 Å². The summed E-state index contributed by atoms with van der Waals surface area (Å²) in [6.07, 6.45) is 2.21. The van der Waals surface area contributed by atoms with Crippen molar-refractivity contribution in [1.29, 1.82) is 0 Å². The highest BCUT2D eigenvalue weighted by Gasteiger charge is 2.27. The Balaban J connectivity index is 1.87. The van der Waals surface area contributed by atoms with Crippen LogP contribution in [0.15, 0.2) is 34.1 Å². The number of hydrogen-bond acceptors (Lipinski definition) is 6. The van der Waals surface area contributed by atoms with Crippen molar-refractivity contribution in [3.05, 3.63) is 40.2 Å². The van der Waals surface area contributed by atoms with Gasteiger partial charge in [-0.2, -0.15) is 4.31 Å². The second kappa shape index (κ2) is 9.90. The number of fused-ring (bicyclic) bond motifs is 1. The number of hydrogen-bond donors (Lipinski definition) is 1. The Labute approximate surface area is 182 Å². The van der Waals surface area contributed by atoms with Crippen molar-refractivity contribution in [2.75, 3.05) is 39.5 Å². The first-order valence-electron chi connectivity index (χ1n) is 10.3. The van der Waals surface area contributed by atoms with Crippen molar-refractivity contribution in [2.24, 2.45) is 7.05 Å². The molecule has 1 saturated heterocycles. The smallest absolute Gasteiger partial charge is 0.256 e. The van der Waals surface area contributed by atoms with Crippen LogP contribution in [0.2, 0.25) is 0 Å². The number of amides is 1. The van der Waals surface area contributed by atoms with Gasteiger partial charge in [0.25, 0.3) is 5.91 Å². The van der Waals surface area contributed by atoms with E-state index >= 15 is 0 Å². The molecule has 0 unspecified atom stereocenters. The van der Waals surface area contributed by atoms with E-state index < -0.39 is 21.4 Å². The molecule has 1 amide bonds. The molecular formula is C21H29N3O6S. The third kappa shape index (κ3) is 5.32. The topological polar surface area (TPSA) is 107 Å². The maximum Gasteiger partial charge on any atom is 0.256 e. The third-order valence-electron chi connectivity index (χ3n) is 5.07. The van der Waals surface area contributed by atoms with Crippen molar-refractivity contribution >= 4 is 26.8 Å². The van der Waals surface area contributed by atoms with Crippen molar-refractivity contribution in [3.8, 4) is 0 Å². The lowest BCUT2D eigenvalue weighted by Crippen LogP contribution is -2.40. The lowest BCUT2D eigenvalue weighted by atomic mass is 10.1. The van der Waals surface area contributed by atoms with Crippen LogP contribution in [0.1, 0.15) is 30.6 Å². The second-order valence-electron chi connectivity index (χ2n) is 7.71. The maximum atomic E-state index is 13.0. The van der Waals surface area contributed by atoms with Gasteiger partial charge in [0.1, 0.15) is 5.56 Å². The van der Waals surface area contributed by atoms with Gasteiger partial charge < -0.3 is 19.4 Å². The van der Waals surface area contributed by atoms with E-state index in [1.165, 1.54) is 22.6 Å². The van der Waals surface area contributed by atoms with E-state index in [9.17, 15) is 18.0 Å². The number of nitrogens with zero attached hydrogens (tertiary/aromatic N) is 2. The molecule has 31 heavy (non-hydrogen) atoms. The minimum Gasteiger partial charge on any atom is -0.379 e. The minimum atomic E-state index is -3.75. The van der Waals surface area contributed by atoms with Crippen LogP contribution in [0.3, 0.4) is 0 Å². The number of carbonyl (C=O) groups excluding carboxylic acids is 1. The van der Waals surface area contributed by atoms with E-state index in [0.717, 1.165) is 0 Å². The summed E-state index contributed by atoms with van der Waals surface area (Å²) in [5.41, 5.74) is 0.0246. The Kier molecular flexibility index (Phi) is 7.47. The molecule has 3 rings (SSSR count). The van der Waals surface area contributed by atoms with Crippen LogP contribution in [0.25, 0.3) is 10.9 Å². The number of pyridine rings is 1. The first-order valence-corrected chi connectivity index (χ1v) is 11.8. The lowest BCUT2D eigenvalue weighted by Gasteiger charge is -2.26. The zero-order chi connectivity index (χ0) is 22.6. The van der Waals surface area contributed by atoms with Crippen LogP contribution >= 0.6 is 0 Å². The summed E-state index contributed by atoms with van der Waals surface area (Å²) in [4.78, 5) is 25.6.